The van der Waals surface area contributed by atoms with Crippen LogP contribution in [-0.4, -0.2) is 52.8 Å². The van der Waals surface area contributed by atoms with Crippen molar-refractivity contribution in [1.82, 2.24) is 9.88 Å². The Bertz CT molecular complexity index is 447. The highest BCUT2D eigenvalue weighted by Gasteiger charge is 2.30. The summed E-state index contributed by atoms with van der Waals surface area (Å²) in [6, 6.07) is 0.0277. The highest BCUT2D eigenvalue weighted by atomic mass is 32.1. The van der Waals surface area contributed by atoms with E-state index in [-0.39, 0.29) is 24.7 Å². The lowest BCUT2D eigenvalue weighted by atomic mass is 10.2. The van der Waals surface area contributed by atoms with Crippen LogP contribution >= 0.6 is 11.3 Å². The minimum atomic E-state index is -0.280. The molecule has 5 nitrogen and oxygen atoms in total. The zero-order valence-electron chi connectivity index (χ0n) is 11.5. The van der Waals surface area contributed by atoms with Crippen LogP contribution in [0.2, 0.25) is 0 Å². The van der Waals surface area contributed by atoms with Gasteiger partial charge in [0.15, 0.2) is 0 Å². The zero-order chi connectivity index (χ0) is 14.0. The number of carbonyl (C=O) groups is 1. The topological polar surface area (TPSA) is 62.7 Å². The molecule has 6 heteroatoms. The van der Waals surface area contributed by atoms with E-state index in [0.717, 1.165) is 5.01 Å². The number of rotatable bonds is 3. The number of aromatic nitrogens is 1. The van der Waals surface area contributed by atoms with Gasteiger partial charge in [-0.15, -0.1) is 11.3 Å². The number of ether oxygens (including phenoxy) is 1. The van der Waals surface area contributed by atoms with Crippen molar-refractivity contribution in [2.24, 2.45) is 0 Å². The lowest BCUT2D eigenvalue weighted by Gasteiger charge is -2.37. The Labute approximate surface area is 117 Å². The van der Waals surface area contributed by atoms with E-state index in [1.807, 2.05) is 6.92 Å². The SMILES string of the molecule is CC(C)c1ncc(C(=O)N2CC(CO)OCC2C)s1. The van der Waals surface area contributed by atoms with Gasteiger partial charge in [0.05, 0.1) is 36.6 Å². The maximum atomic E-state index is 12.5. The van der Waals surface area contributed by atoms with Crippen molar-refractivity contribution >= 4 is 17.2 Å². The molecule has 0 aromatic carbocycles. The van der Waals surface area contributed by atoms with Crippen LogP contribution in [-0.2, 0) is 4.74 Å². The van der Waals surface area contributed by atoms with Crippen LogP contribution in [0.25, 0.3) is 0 Å². The second-order valence-corrected chi connectivity index (χ2v) is 6.22. The van der Waals surface area contributed by atoms with Gasteiger partial charge in [0.1, 0.15) is 4.88 Å². The fourth-order valence-electron chi connectivity index (χ4n) is 2.01. The molecule has 1 aromatic heterocycles. The first-order valence-corrected chi connectivity index (χ1v) is 7.33. The van der Waals surface area contributed by atoms with E-state index in [1.165, 1.54) is 11.3 Å². The van der Waals surface area contributed by atoms with Gasteiger partial charge in [-0.2, -0.15) is 0 Å². The van der Waals surface area contributed by atoms with Crippen molar-refractivity contribution in [3.8, 4) is 0 Å². The quantitative estimate of drug-likeness (QED) is 0.913. The molecule has 1 fully saturated rings. The Kier molecular flexibility index (Phi) is 4.54. The van der Waals surface area contributed by atoms with Crippen LogP contribution < -0.4 is 0 Å². The molecule has 0 bridgehead atoms. The molecule has 1 aromatic rings. The van der Waals surface area contributed by atoms with Crippen LogP contribution in [0, 0.1) is 0 Å². The number of morpholine rings is 1. The van der Waals surface area contributed by atoms with Crippen molar-refractivity contribution < 1.29 is 14.6 Å². The molecule has 1 aliphatic heterocycles. The van der Waals surface area contributed by atoms with Gasteiger partial charge in [0, 0.05) is 12.5 Å². The maximum Gasteiger partial charge on any atom is 0.265 e. The van der Waals surface area contributed by atoms with Gasteiger partial charge in [0.25, 0.3) is 5.91 Å². The number of thiazole rings is 1. The molecule has 0 spiro atoms. The van der Waals surface area contributed by atoms with E-state index in [4.69, 9.17) is 9.84 Å². The molecular formula is C13H20N2O3S. The second kappa shape index (κ2) is 5.98. The van der Waals surface area contributed by atoms with E-state index in [0.29, 0.717) is 23.9 Å². The molecule has 2 unspecified atom stereocenters. The van der Waals surface area contributed by atoms with Crippen LogP contribution in [0.1, 0.15) is 41.4 Å². The van der Waals surface area contributed by atoms with Gasteiger partial charge >= 0.3 is 0 Å². The van der Waals surface area contributed by atoms with E-state index >= 15 is 0 Å². The molecule has 2 atom stereocenters. The number of hydrogen-bond acceptors (Lipinski definition) is 5. The molecule has 0 saturated carbocycles. The predicted octanol–water partition coefficient (Wildman–Crippen LogP) is 1.49. The monoisotopic (exact) mass is 284 g/mol. The van der Waals surface area contributed by atoms with E-state index in [1.54, 1.807) is 11.1 Å². The molecule has 1 N–H and O–H groups in total. The molecule has 19 heavy (non-hydrogen) atoms. The molecule has 1 aliphatic rings. The van der Waals surface area contributed by atoms with Gasteiger partial charge < -0.3 is 14.7 Å². The molecule has 0 aliphatic carbocycles. The van der Waals surface area contributed by atoms with Crippen molar-refractivity contribution in [1.29, 1.82) is 0 Å². The predicted molar refractivity (Wildman–Crippen MR) is 73.5 cm³/mol. The minimum Gasteiger partial charge on any atom is -0.394 e. The van der Waals surface area contributed by atoms with Crippen LogP contribution in [0.4, 0.5) is 0 Å². The van der Waals surface area contributed by atoms with Gasteiger partial charge in [0.2, 0.25) is 0 Å². The smallest absolute Gasteiger partial charge is 0.265 e. The summed E-state index contributed by atoms with van der Waals surface area (Å²) in [4.78, 5) is 19.2. The largest absolute Gasteiger partial charge is 0.394 e. The summed E-state index contributed by atoms with van der Waals surface area (Å²) in [5.41, 5.74) is 0. The van der Waals surface area contributed by atoms with Gasteiger partial charge in [-0.05, 0) is 6.92 Å². The van der Waals surface area contributed by atoms with Crippen molar-refractivity contribution in [3.05, 3.63) is 16.1 Å². The Morgan fingerprint density at radius 1 is 1.68 bits per heavy atom. The van der Waals surface area contributed by atoms with Crippen molar-refractivity contribution in [3.63, 3.8) is 0 Å². The molecule has 2 rings (SSSR count). The van der Waals surface area contributed by atoms with E-state index in [2.05, 4.69) is 18.8 Å². The Morgan fingerprint density at radius 3 is 3.00 bits per heavy atom. The van der Waals surface area contributed by atoms with Crippen molar-refractivity contribution in [2.45, 2.75) is 38.8 Å². The third-order valence-electron chi connectivity index (χ3n) is 3.20. The fraction of sp³-hybridized carbons (Fsp3) is 0.692. The summed E-state index contributed by atoms with van der Waals surface area (Å²) < 4.78 is 5.44. The van der Waals surface area contributed by atoms with Gasteiger partial charge in [-0.25, -0.2) is 4.98 Å². The first-order valence-electron chi connectivity index (χ1n) is 6.52. The summed E-state index contributed by atoms with van der Waals surface area (Å²) >= 11 is 1.45. The second-order valence-electron chi connectivity index (χ2n) is 5.16. The number of carbonyl (C=O) groups excluding carboxylic acids is 1. The van der Waals surface area contributed by atoms with Crippen LogP contribution in [0.3, 0.4) is 0 Å². The molecular weight excluding hydrogens is 264 g/mol. The summed E-state index contributed by atoms with van der Waals surface area (Å²) in [7, 11) is 0. The highest BCUT2D eigenvalue weighted by Crippen LogP contribution is 2.24. The average Bonchev–Trinajstić information content (AvgIpc) is 2.88. The standard InChI is InChI=1S/C13H20N2O3S/c1-8(2)12-14-4-11(19-12)13(17)15-5-10(6-16)18-7-9(15)3/h4,8-10,16H,5-7H2,1-3H3. The number of aliphatic hydroxyl groups is 1. The third-order valence-corrected chi connectivity index (χ3v) is 4.48. The molecule has 0 radical (unpaired) electrons. The highest BCUT2D eigenvalue weighted by molar-refractivity contribution is 7.13. The normalized spacial score (nSPS) is 23.9. The van der Waals surface area contributed by atoms with E-state index in [9.17, 15) is 4.79 Å². The number of amides is 1. The van der Waals surface area contributed by atoms with Gasteiger partial charge in [-0.1, -0.05) is 13.8 Å². The van der Waals surface area contributed by atoms with Crippen LogP contribution in [0.5, 0.6) is 0 Å². The number of hydrogen-bond donors (Lipinski definition) is 1. The van der Waals surface area contributed by atoms with E-state index < -0.39 is 0 Å². The lowest BCUT2D eigenvalue weighted by Crippen LogP contribution is -2.51. The third kappa shape index (κ3) is 3.13. The minimum absolute atomic E-state index is 0.0151. The molecule has 2 heterocycles. The molecule has 1 amide bonds. The Hall–Kier alpha value is -0.980. The van der Waals surface area contributed by atoms with Crippen LogP contribution in [0.15, 0.2) is 6.20 Å². The Morgan fingerprint density at radius 2 is 2.42 bits per heavy atom. The number of nitrogens with zero attached hydrogens (tertiary/aromatic N) is 2. The number of aliphatic hydroxyl groups excluding tert-OH is 1. The Balaban J connectivity index is 2.12. The molecule has 1 saturated heterocycles. The summed E-state index contributed by atoms with van der Waals surface area (Å²) in [5.74, 6) is 0.317. The first kappa shape index (κ1) is 14.4. The summed E-state index contributed by atoms with van der Waals surface area (Å²) in [6.45, 7) is 6.92. The zero-order valence-corrected chi connectivity index (χ0v) is 12.3. The maximum absolute atomic E-state index is 12.5. The first-order chi connectivity index (χ1) is 9.02. The summed E-state index contributed by atoms with van der Waals surface area (Å²) in [6.07, 6.45) is 1.37. The van der Waals surface area contributed by atoms with Gasteiger partial charge in [-0.3, -0.25) is 4.79 Å². The fourth-order valence-corrected chi connectivity index (χ4v) is 2.88. The average molecular weight is 284 g/mol. The van der Waals surface area contributed by atoms with Crippen molar-refractivity contribution in [2.75, 3.05) is 19.8 Å². The summed E-state index contributed by atoms with van der Waals surface area (Å²) in [5, 5.41) is 10.1. The molecule has 106 valence electrons. The lowest BCUT2D eigenvalue weighted by molar-refractivity contribution is -0.0666.